The molecule has 1 saturated heterocycles. The van der Waals surface area contributed by atoms with Gasteiger partial charge in [0.15, 0.2) is 11.5 Å². The lowest BCUT2D eigenvalue weighted by atomic mass is 10.1. The quantitative estimate of drug-likeness (QED) is 0.233. The highest BCUT2D eigenvalue weighted by Crippen LogP contribution is 2.31. The molecule has 0 amide bonds. The molecule has 1 aliphatic rings. The van der Waals surface area contributed by atoms with Gasteiger partial charge in [0.05, 0.1) is 12.0 Å². The van der Waals surface area contributed by atoms with Crippen molar-refractivity contribution in [2.45, 2.75) is 26.2 Å². The lowest BCUT2D eigenvalue weighted by Gasteiger charge is -2.29. The van der Waals surface area contributed by atoms with Crippen LogP contribution in [0.4, 0.5) is 5.69 Å². The molecule has 0 aliphatic carbocycles. The fourth-order valence-electron chi connectivity index (χ4n) is 2.71. The van der Waals surface area contributed by atoms with Gasteiger partial charge in [-0.25, -0.2) is 9.59 Å². The van der Waals surface area contributed by atoms with Crippen molar-refractivity contribution in [3.8, 4) is 11.5 Å². The molecular weight excluding hydrogens is 394 g/mol. The Labute approximate surface area is 172 Å². The van der Waals surface area contributed by atoms with Crippen LogP contribution in [-0.4, -0.2) is 29.8 Å². The molecule has 30 heavy (non-hydrogen) atoms. The largest absolute Gasteiger partial charge is 0.493 e. The Morgan fingerprint density at radius 3 is 2.23 bits per heavy atom. The molecule has 1 fully saturated rings. The maximum atomic E-state index is 12.1. The maximum Gasteiger partial charge on any atom is 0.348 e. The summed E-state index contributed by atoms with van der Waals surface area (Å²) in [6.45, 7) is 3.11. The highest BCUT2D eigenvalue weighted by atomic mass is 16.7. The molecule has 9 nitrogen and oxygen atoms in total. The molecule has 0 bridgehead atoms. The summed E-state index contributed by atoms with van der Waals surface area (Å²) in [6.07, 6.45) is 1.35. The first-order valence-electron chi connectivity index (χ1n) is 8.91. The predicted molar refractivity (Wildman–Crippen MR) is 105 cm³/mol. The van der Waals surface area contributed by atoms with Crippen molar-refractivity contribution in [2.24, 2.45) is 0 Å². The number of hydrogen-bond acceptors (Lipinski definition) is 8. The lowest BCUT2D eigenvalue weighted by Crippen LogP contribution is -2.41. The van der Waals surface area contributed by atoms with E-state index in [4.69, 9.17) is 18.9 Å². The number of non-ortho nitro benzene ring substituents is 1. The van der Waals surface area contributed by atoms with Crippen LogP contribution in [0, 0.1) is 10.1 Å². The molecule has 0 spiro atoms. The number of carbonyl (C=O) groups is 2. The van der Waals surface area contributed by atoms with E-state index >= 15 is 0 Å². The van der Waals surface area contributed by atoms with Crippen LogP contribution in [0.15, 0.2) is 48.0 Å². The van der Waals surface area contributed by atoms with Gasteiger partial charge < -0.3 is 18.9 Å². The Balaban J connectivity index is 1.75. The van der Waals surface area contributed by atoms with Crippen molar-refractivity contribution >= 4 is 23.7 Å². The minimum Gasteiger partial charge on any atom is -0.493 e. The van der Waals surface area contributed by atoms with Crippen LogP contribution in [0.1, 0.15) is 25.0 Å². The Kier molecular flexibility index (Phi) is 5.72. The standard InChI is InChI=1S/C21H19NO8/c1-21(2)29-19(23)16(20(24)30-21)10-14-6-9-17(18(11-14)27-3)28-12-13-4-7-15(8-5-13)22(25)26/h4-11H,12H2,1-3H3. The van der Waals surface area contributed by atoms with Crippen LogP contribution in [0.2, 0.25) is 0 Å². The fourth-order valence-corrected chi connectivity index (χ4v) is 2.71. The van der Waals surface area contributed by atoms with E-state index in [1.807, 2.05) is 0 Å². The summed E-state index contributed by atoms with van der Waals surface area (Å²) in [5.41, 5.74) is 1.02. The minimum atomic E-state index is -1.31. The van der Waals surface area contributed by atoms with E-state index in [0.29, 0.717) is 17.1 Å². The first-order valence-corrected chi connectivity index (χ1v) is 8.91. The first kappa shape index (κ1) is 20.8. The van der Waals surface area contributed by atoms with Gasteiger partial charge in [0, 0.05) is 26.0 Å². The zero-order chi connectivity index (χ0) is 21.9. The molecule has 0 aromatic heterocycles. The van der Waals surface area contributed by atoms with Gasteiger partial charge in [0.1, 0.15) is 12.2 Å². The molecule has 9 heteroatoms. The molecule has 3 rings (SSSR count). The summed E-state index contributed by atoms with van der Waals surface area (Å²) >= 11 is 0. The van der Waals surface area contributed by atoms with Crippen LogP contribution in [-0.2, 0) is 25.7 Å². The van der Waals surface area contributed by atoms with Crippen molar-refractivity contribution in [1.29, 1.82) is 0 Å². The molecule has 1 aliphatic heterocycles. The van der Waals surface area contributed by atoms with Crippen LogP contribution < -0.4 is 9.47 Å². The van der Waals surface area contributed by atoms with E-state index in [9.17, 15) is 19.7 Å². The van der Waals surface area contributed by atoms with Crippen molar-refractivity contribution in [1.82, 2.24) is 0 Å². The number of ether oxygens (including phenoxy) is 4. The van der Waals surface area contributed by atoms with Gasteiger partial charge >= 0.3 is 11.9 Å². The van der Waals surface area contributed by atoms with E-state index in [0.717, 1.165) is 5.56 Å². The Hall–Kier alpha value is -3.88. The van der Waals surface area contributed by atoms with Crippen LogP contribution in [0.3, 0.4) is 0 Å². The van der Waals surface area contributed by atoms with Crippen molar-refractivity contribution in [3.63, 3.8) is 0 Å². The van der Waals surface area contributed by atoms with Gasteiger partial charge in [-0.3, -0.25) is 10.1 Å². The molecule has 0 radical (unpaired) electrons. The summed E-state index contributed by atoms with van der Waals surface area (Å²) in [5, 5.41) is 10.7. The van der Waals surface area contributed by atoms with E-state index in [2.05, 4.69) is 0 Å². The van der Waals surface area contributed by atoms with Gasteiger partial charge in [0.25, 0.3) is 11.5 Å². The van der Waals surface area contributed by atoms with E-state index in [1.165, 1.54) is 39.2 Å². The van der Waals surface area contributed by atoms with E-state index in [1.54, 1.807) is 30.3 Å². The zero-order valence-electron chi connectivity index (χ0n) is 16.5. The number of nitro groups is 1. The Morgan fingerprint density at radius 1 is 1.03 bits per heavy atom. The topological polar surface area (TPSA) is 114 Å². The van der Waals surface area contributed by atoms with Gasteiger partial charge in [0.2, 0.25) is 0 Å². The van der Waals surface area contributed by atoms with Crippen molar-refractivity contribution in [2.75, 3.05) is 7.11 Å². The van der Waals surface area contributed by atoms with Crippen molar-refractivity contribution < 1.29 is 33.5 Å². The highest BCUT2D eigenvalue weighted by molar-refractivity contribution is 6.18. The number of cyclic esters (lactones) is 2. The SMILES string of the molecule is COc1cc(C=C2C(=O)OC(C)(C)OC2=O)ccc1OCc1ccc([N+](=O)[O-])cc1. The molecule has 156 valence electrons. The number of benzene rings is 2. The summed E-state index contributed by atoms with van der Waals surface area (Å²) in [5.74, 6) is -2.04. The zero-order valence-corrected chi connectivity index (χ0v) is 16.5. The molecule has 0 saturated carbocycles. The summed E-state index contributed by atoms with van der Waals surface area (Å²) < 4.78 is 21.2. The molecule has 0 unspecified atom stereocenters. The third-order valence-electron chi connectivity index (χ3n) is 4.16. The second-order valence-electron chi connectivity index (χ2n) is 6.86. The summed E-state index contributed by atoms with van der Waals surface area (Å²) in [6, 6.07) is 10.9. The van der Waals surface area contributed by atoms with Crippen LogP contribution in [0.25, 0.3) is 6.08 Å². The molecule has 0 atom stereocenters. The summed E-state index contributed by atoms with van der Waals surface area (Å²) in [4.78, 5) is 34.4. The smallest absolute Gasteiger partial charge is 0.348 e. The maximum absolute atomic E-state index is 12.1. The van der Waals surface area contributed by atoms with Gasteiger partial charge in [-0.05, 0) is 41.5 Å². The number of carbonyl (C=O) groups excluding carboxylic acids is 2. The average molecular weight is 413 g/mol. The first-order chi connectivity index (χ1) is 14.2. The van der Waals surface area contributed by atoms with E-state index in [-0.39, 0.29) is 17.9 Å². The number of nitro benzene ring substituents is 1. The van der Waals surface area contributed by atoms with Gasteiger partial charge in [-0.2, -0.15) is 0 Å². The number of esters is 2. The third-order valence-corrected chi connectivity index (χ3v) is 4.16. The van der Waals surface area contributed by atoms with Crippen LogP contribution >= 0.6 is 0 Å². The van der Waals surface area contributed by atoms with Crippen LogP contribution in [0.5, 0.6) is 11.5 Å². The number of methoxy groups -OCH3 is 1. The Bertz CT molecular complexity index is 1000. The van der Waals surface area contributed by atoms with Gasteiger partial charge in [-0.15, -0.1) is 0 Å². The molecule has 0 N–H and O–H groups in total. The fraction of sp³-hybridized carbons (Fsp3) is 0.238. The molecule has 2 aromatic carbocycles. The molecule has 1 heterocycles. The Morgan fingerprint density at radius 2 is 1.67 bits per heavy atom. The molecule has 2 aromatic rings. The number of rotatable bonds is 6. The second kappa shape index (κ2) is 8.24. The predicted octanol–water partition coefficient (Wildman–Crippen LogP) is 3.40. The second-order valence-corrected chi connectivity index (χ2v) is 6.86. The highest BCUT2D eigenvalue weighted by Gasteiger charge is 2.38. The third kappa shape index (κ3) is 4.75. The lowest BCUT2D eigenvalue weighted by molar-refractivity contribution is -0.384. The molecular formula is C21H19NO8. The monoisotopic (exact) mass is 413 g/mol. The normalized spacial score (nSPS) is 15.1. The summed E-state index contributed by atoms with van der Waals surface area (Å²) in [7, 11) is 1.46. The number of hydrogen-bond donors (Lipinski definition) is 0. The van der Waals surface area contributed by atoms with Crippen molar-refractivity contribution in [3.05, 3.63) is 69.3 Å². The average Bonchev–Trinajstić information content (AvgIpc) is 2.69. The van der Waals surface area contributed by atoms with E-state index < -0.39 is 22.6 Å². The minimum absolute atomic E-state index is 0.00289. The van der Waals surface area contributed by atoms with Gasteiger partial charge in [-0.1, -0.05) is 6.07 Å². The number of nitrogens with zero attached hydrogens (tertiary/aromatic N) is 1.